The van der Waals surface area contributed by atoms with Gasteiger partial charge in [-0.25, -0.2) is 4.90 Å². The maximum atomic E-state index is 3.81. The smallest absolute Gasteiger partial charge is 0.239 e. The second-order valence-electron chi connectivity index (χ2n) is 6.46. The van der Waals surface area contributed by atoms with Gasteiger partial charge in [0.1, 0.15) is 13.1 Å². The molecule has 122 valence electrons. The first-order valence-electron chi connectivity index (χ1n) is 9.34. The molecule has 0 aliphatic carbocycles. The fraction of sp³-hybridized carbons (Fsp3) is 0.842. The Morgan fingerprint density at radius 3 is 1.90 bits per heavy atom. The van der Waals surface area contributed by atoms with Crippen LogP contribution in [0, 0.1) is 0 Å². The van der Waals surface area contributed by atoms with E-state index in [9.17, 15) is 0 Å². The third kappa shape index (κ3) is 9.71. The van der Waals surface area contributed by atoms with E-state index in [1.165, 1.54) is 90.1 Å². The van der Waals surface area contributed by atoms with Crippen LogP contribution < -0.4 is 0 Å². The van der Waals surface area contributed by atoms with Crippen LogP contribution in [0.5, 0.6) is 0 Å². The first-order valence-corrected chi connectivity index (χ1v) is 9.34. The summed E-state index contributed by atoms with van der Waals surface area (Å²) >= 11 is 0. The Bertz CT molecular complexity index is 283. The Morgan fingerprint density at radius 2 is 1.43 bits per heavy atom. The highest BCUT2D eigenvalue weighted by Gasteiger charge is 2.15. The average molecular weight is 294 g/mol. The zero-order valence-corrected chi connectivity index (χ0v) is 14.4. The quantitative estimate of drug-likeness (QED) is 0.316. The standard InChI is InChI=1S/C19H37N2/c1-3-5-6-7-8-9-10-11-12-13-14-15-16-21-18-17-20(4-2)19-21/h4,19H,2-3,5-18H2,1H3/q+1. The zero-order chi connectivity index (χ0) is 15.2. The summed E-state index contributed by atoms with van der Waals surface area (Å²) in [5.41, 5.74) is 0. The summed E-state index contributed by atoms with van der Waals surface area (Å²) in [4.78, 5) is 2.18. The van der Waals surface area contributed by atoms with Gasteiger partial charge in [0.2, 0.25) is 6.34 Å². The van der Waals surface area contributed by atoms with Gasteiger partial charge >= 0.3 is 0 Å². The molecule has 0 unspecified atom stereocenters. The summed E-state index contributed by atoms with van der Waals surface area (Å²) in [7, 11) is 0. The van der Waals surface area contributed by atoms with E-state index in [0.29, 0.717) is 0 Å². The van der Waals surface area contributed by atoms with Crippen LogP contribution in [0.4, 0.5) is 0 Å². The SMILES string of the molecule is C=CN1C=[N+](CCCCCCCCCCCCCC)CC1. The van der Waals surface area contributed by atoms with Crippen molar-refractivity contribution in [2.45, 2.75) is 84.0 Å². The van der Waals surface area contributed by atoms with E-state index >= 15 is 0 Å². The third-order valence-electron chi connectivity index (χ3n) is 4.49. The van der Waals surface area contributed by atoms with Crippen molar-refractivity contribution in [3.05, 3.63) is 12.8 Å². The maximum absolute atomic E-state index is 3.81. The van der Waals surface area contributed by atoms with E-state index in [1.807, 2.05) is 6.20 Å². The van der Waals surface area contributed by atoms with Crippen LogP contribution in [-0.4, -0.2) is 35.4 Å². The minimum atomic E-state index is 1.11. The lowest BCUT2D eigenvalue weighted by atomic mass is 10.1. The molecule has 1 heterocycles. The molecular formula is C19H37N2+. The third-order valence-corrected chi connectivity index (χ3v) is 4.49. The van der Waals surface area contributed by atoms with Crippen molar-refractivity contribution in [3.63, 3.8) is 0 Å². The number of hydrogen-bond acceptors (Lipinski definition) is 1. The summed E-state index contributed by atoms with van der Waals surface area (Å²) in [5, 5.41) is 0. The first-order chi connectivity index (χ1) is 10.4. The van der Waals surface area contributed by atoms with E-state index < -0.39 is 0 Å². The van der Waals surface area contributed by atoms with Gasteiger partial charge in [-0.1, -0.05) is 77.7 Å². The molecule has 1 aliphatic heterocycles. The molecule has 0 amide bonds. The second kappa shape index (κ2) is 12.9. The molecule has 0 bridgehead atoms. The summed E-state index contributed by atoms with van der Waals surface area (Å²) in [5.74, 6) is 0. The summed E-state index contributed by atoms with van der Waals surface area (Å²) in [6.45, 7) is 9.61. The number of nitrogens with zero attached hydrogens (tertiary/aromatic N) is 2. The fourth-order valence-electron chi connectivity index (χ4n) is 3.03. The summed E-state index contributed by atoms with van der Waals surface area (Å²) in [6, 6.07) is 0. The Labute approximate surface area is 132 Å². The molecule has 21 heavy (non-hydrogen) atoms. The van der Waals surface area contributed by atoms with Gasteiger partial charge in [-0.05, 0) is 12.8 Å². The van der Waals surface area contributed by atoms with Crippen LogP contribution >= 0.6 is 0 Å². The van der Waals surface area contributed by atoms with Crippen molar-refractivity contribution in [1.29, 1.82) is 0 Å². The highest BCUT2D eigenvalue weighted by molar-refractivity contribution is 5.51. The molecular weight excluding hydrogens is 256 g/mol. The van der Waals surface area contributed by atoms with Crippen LogP contribution in [0.25, 0.3) is 0 Å². The van der Waals surface area contributed by atoms with Gasteiger partial charge in [0, 0.05) is 0 Å². The lowest BCUT2D eigenvalue weighted by Crippen LogP contribution is -2.11. The topological polar surface area (TPSA) is 6.25 Å². The van der Waals surface area contributed by atoms with Crippen LogP contribution in [0.15, 0.2) is 12.8 Å². The Balaban J connectivity index is 1.78. The van der Waals surface area contributed by atoms with Crippen LogP contribution in [0.3, 0.4) is 0 Å². The molecule has 2 heteroatoms. The van der Waals surface area contributed by atoms with Crippen LogP contribution in [-0.2, 0) is 0 Å². The van der Waals surface area contributed by atoms with Crippen molar-refractivity contribution < 1.29 is 4.58 Å². The molecule has 0 aromatic rings. The van der Waals surface area contributed by atoms with Crippen molar-refractivity contribution in [2.75, 3.05) is 19.6 Å². The zero-order valence-electron chi connectivity index (χ0n) is 14.4. The van der Waals surface area contributed by atoms with Crippen molar-refractivity contribution in [1.82, 2.24) is 4.90 Å². The number of rotatable bonds is 14. The van der Waals surface area contributed by atoms with Crippen LogP contribution in [0.1, 0.15) is 84.0 Å². The van der Waals surface area contributed by atoms with Gasteiger partial charge in [-0.2, -0.15) is 0 Å². The van der Waals surface area contributed by atoms with Gasteiger partial charge in [0.15, 0.2) is 0 Å². The van der Waals surface area contributed by atoms with E-state index in [-0.39, 0.29) is 0 Å². The lowest BCUT2D eigenvalue weighted by Gasteiger charge is -2.03. The Hall–Kier alpha value is -0.790. The normalized spacial score (nSPS) is 14.5. The molecule has 2 nitrogen and oxygen atoms in total. The lowest BCUT2D eigenvalue weighted by molar-refractivity contribution is -0.514. The Kier molecular flexibility index (Phi) is 11.2. The molecule has 0 spiro atoms. The van der Waals surface area contributed by atoms with Gasteiger partial charge in [-0.15, -0.1) is 0 Å². The number of hydrogen-bond donors (Lipinski definition) is 0. The average Bonchev–Trinajstić information content (AvgIpc) is 2.96. The highest BCUT2D eigenvalue weighted by Crippen LogP contribution is 2.12. The molecule has 0 radical (unpaired) electrons. The molecule has 0 fully saturated rings. The van der Waals surface area contributed by atoms with Gasteiger partial charge in [-0.3, -0.25) is 4.58 Å². The van der Waals surface area contributed by atoms with Crippen molar-refractivity contribution in [3.8, 4) is 0 Å². The molecule has 1 rings (SSSR count). The predicted octanol–water partition coefficient (Wildman–Crippen LogP) is 5.19. The molecule has 0 atom stereocenters. The largest absolute Gasteiger partial charge is 0.264 e. The maximum Gasteiger partial charge on any atom is 0.239 e. The molecule has 0 aromatic heterocycles. The fourth-order valence-corrected chi connectivity index (χ4v) is 3.03. The highest BCUT2D eigenvalue weighted by atomic mass is 15.3. The molecule has 0 N–H and O–H groups in total. The minimum Gasteiger partial charge on any atom is -0.264 e. The van der Waals surface area contributed by atoms with E-state index in [2.05, 4.69) is 29.3 Å². The van der Waals surface area contributed by atoms with Gasteiger partial charge in [0.25, 0.3) is 0 Å². The molecule has 0 saturated carbocycles. The molecule has 1 aliphatic rings. The predicted molar refractivity (Wildman–Crippen MR) is 94.0 cm³/mol. The van der Waals surface area contributed by atoms with Crippen LogP contribution in [0.2, 0.25) is 0 Å². The van der Waals surface area contributed by atoms with Crippen molar-refractivity contribution in [2.24, 2.45) is 0 Å². The monoisotopic (exact) mass is 293 g/mol. The first kappa shape index (κ1) is 18.3. The second-order valence-corrected chi connectivity index (χ2v) is 6.46. The summed E-state index contributed by atoms with van der Waals surface area (Å²) in [6.07, 6.45) is 21.3. The number of unbranched alkanes of at least 4 members (excludes halogenated alkanes) is 11. The van der Waals surface area contributed by atoms with Crippen molar-refractivity contribution >= 4 is 6.34 Å². The summed E-state index contributed by atoms with van der Waals surface area (Å²) < 4.78 is 2.43. The van der Waals surface area contributed by atoms with E-state index in [0.717, 1.165) is 6.54 Å². The molecule has 0 saturated heterocycles. The van der Waals surface area contributed by atoms with E-state index in [4.69, 9.17) is 0 Å². The van der Waals surface area contributed by atoms with Gasteiger partial charge < -0.3 is 0 Å². The minimum absolute atomic E-state index is 1.11. The van der Waals surface area contributed by atoms with E-state index in [1.54, 1.807) is 0 Å². The Morgan fingerprint density at radius 1 is 0.905 bits per heavy atom. The van der Waals surface area contributed by atoms with Gasteiger partial charge in [0.05, 0.1) is 12.7 Å². The molecule has 0 aromatic carbocycles.